The van der Waals surface area contributed by atoms with Gasteiger partial charge in [-0.05, 0) is 49.2 Å². The molecule has 0 aromatic heterocycles. The van der Waals surface area contributed by atoms with Crippen LogP contribution in [0.3, 0.4) is 0 Å². The van der Waals surface area contributed by atoms with E-state index in [0.717, 1.165) is 17.8 Å². The molecule has 0 heterocycles. The van der Waals surface area contributed by atoms with Crippen LogP contribution < -0.4 is 10.7 Å². The van der Waals surface area contributed by atoms with Crippen LogP contribution in [0, 0.1) is 0 Å². The van der Waals surface area contributed by atoms with E-state index in [1.165, 1.54) is 5.56 Å². The first kappa shape index (κ1) is 14.6. The van der Waals surface area contributed by atoms with Crippen molar-refractivity contribution in [2.24, 2.45) is 5.10 Å². The van der Waals surface area contributed by atoms with Crippen molar-refractivity contribution in [3.63, 3.8) is 0 Å². The van der Waals surface area contributed by atoms with Crippen LogP contribution in [0.5, 0.6) is 0 Å². The van der Waals surface area contributed by atoms with Gasteiger partial charge in [0.05, 0.1) is 0 Å². The average molecular weight is 263 g/mol. The summed E-state index contributed by atoms with van der Waals surface area (Å²) in [7, 11) is 0. The van der Waals surface area contributed by atoms with E-state index in [9.17, 15) is 0 Å². The monoisotopic (exact) mass is 263 g/mol. The Bertz CT molecular complexity index is 421. The van der Waals surface area contributed by atoms with Gasteiger partial charge in [0.25, 0.3) is 0 Å². The van der Waals surface area contributed by atoms with Gasteiger partial charge in [-0.1, -0.05) is 32.9 Å². The van der Waals surface area contributed by atoms with Crippen molar-refractivity contribution in [1.29, 1.82) is 0 Å². The fourth-order valence-corrected chi connectivity index (χ4v) is 1.50. The molecule has 0 fully saturated rings. The Morgan fingerprint density at radius 3 is 2.39 bits per heavy atom. The maximum Gasteiger partial charge on any atom is 0.191 e. The molecule has 1 rings (SSSR count). The second-order valence-electron chi connectivity index (χ2n) is 4.54. The molecule has 0 radical (unpaired) electrons. The van der Waals surface area contributed by atoms with Gasteiger partial charge in [-0.25, -0.2) is 0 Å². The Balaban J connectivity index is 2.54. The van der Waals surface area contributed by atoms with Gasteiger partial charge in [0.2, 0.25) is 0 Å². The van der Waals surface area contributed by atoms with Crippen molar-refractivity contribution in [3.8, 4) is 0 Å². The number of nitrogens with one attached hydrogen (secondary N) is 2. The molecule has 0 spiro atoms. The number of hydrogen-bond acceptors (Lipinski definition) is 2. The molecule has 0 aliphatic rings. The minimum absolute atomic E-state index is 0.514. The van der Waals surface area contributed by atoms with E-state index in [0.29, 0.717) is 11.0 Å². The summed E-state index contributed by atoms with van der Waals surface area (Å²) >= 11 is 5.16. The molecule has 0 amide bonds. The fraction of sp³-hybridized carbons (Fsp3) is 0.429. The molecule has 1 aromatic carbocycles. The maximum absolute atomic E-state index is 5.16. The van der Waals surface area contributed by atoms with Gasteiger partial charge in [-0.3, -0.25) is 5.43 Å². The van der Waals surface area contributed by atoms with E-state index < -0.39 is 0 Å². The Hall–Kier alpha value is -1.42. The van der Waals surface area contributed by atoms with Crippen molar-refractivity contribution in [2.75, 3.05) is 5.32 Å². The Kier molecular flexibility index (Phi) is 5.78. The zero-order valence-corrected chi connectivity index (χ0v) is 12.3. The zero-order valence-electron chi connectivity index (χ0n) is 11.4. The largest absolute Gasteiger partial charge is 0.331 e. The van der Waals surface area contributed by atoms with Crippen molar-refractivity contribution in [3.05, 3.63) is 29.8 Å². The van der Waals surface area contributed by atoms with Crippen LogP contribution in [0.4, 0.5) is 5.69 Å². The highest BCUT2D eigenvalue weighted by atomic mass is 32.1. The first-order valence-electron chi connectivity index (χ1n) is 6.23. The summed E-state index contributed by atoms with van der Waals surface area (Å²) < 4.78 is 0. The van der Waals surface area contributed by atoms with E-state index >= 15 is 0 Å². The van der Waals surface area contributed by atoms with Crippen LogP contribution in [0.25, 0.3) is 0 Å². The number of hydrazone groups is 1. The summed E-state index contributed by atoms with van der Waals surface area (Å²) in [6.45, 7) is 8.38. The third-order valence-electron chi connectivity index (χ3n) is 2.70. The molecule has 0 bridgehead atoms. The molecule has 98 valence electrons. The van der Waals surface area contributed by atoms with Gasteiger partial charge in [0.1, 0.15) is 0 Å². The Labute approximate surface area is 115 Å². The first-order valence-corrected chi connectivity index (χ1v) is 6.63. The smallest absolute Gasteiger partial charge is 0.191 e. The molecule has 18 heavy (non-hydrogen) atoms. The van der Waals surface area contributed by atoms with Crippen molar-refractivity contribution in [2.45, 2.75) is 40.0 Å². The predicted octanol–water partition coefficient (Wildman–Crippen LogP) is 3.88. The summed E-state index contributed by atoms with van der Waals surface area (Å²) in [5.41, 5.74) is 6.14. The lowest BCUT2D eigenvalue weighted by atomic mass is 10.0. The first-order chi connectivity index (χ1) is 8.52. The topological polar surface area (TPSA) is 36.4 Å². The second kappa shape index (κ2) is 7.11. The number of thiocarbonyl (C=S) groups is 1. The summed E-state index contributed by atoms with van der Waals surface area (Å²) in [5, 5.41) is 7.76. The van der Waals surface area contributed by atoms with Crippen molar-refractivity contribution in [1.82, 2.24) is 5.43 Å². The Morgan fingerprint density at radius 1 is 1.28 bits per heavy atom. The molecule has 0 saturated carbocycles. The van der Waals surface area contributed by atoms with Gasteiger partial charge in [-0.2, -0.15) is 5.10 Å². The normalized spacial score (nSPS) is 11.5. The minimum Gasteiger partial charge on any atom is -0.331 e. The number of rotatable bonds is 4. The SMILES string of the molecule is CC/C(C)=N\NC(=S)Nc1ccc(C(C)C)cc1. The molecule has 1 aromatic rings. The van der Waals surface area contributed by atoms with Crippen LogP contribution in [-0.4, -0.2) is 10.8 Å². The summed E-state index contributed by atoms with van der Waals surface area (Å²) in [6.07, 6.45) is 0.915. The Morgan fingerprint density at radius 2 is 1.89 bits per heavy atom. The van der Waals surface area contributed by atoms with Gasteiger partial charge in [-0.15, -0.1) is 0 Å². The van der Waals surface area contributed by atoms with Gasteiger partial charge >= 0.3 is 0 Å². The van der Waals surface area contributed by atoms with E-state index in [-0.39, 0.29) is 0 Å². The third-order valence-corrected chi connectivity index (χ3v) is 2.89. The molecule has 0 atom stereocenters. The summed E-state index contributed by atoms with van der Waals surface area (Å²) in [4.78, 5) is 0. The third kappa shape index (κ3) is 4.84. The molecule has 0 unspecified atom stereocenters. The van der Waals surface area contributed by atoms with E-state index in [1.807, 2.05) is 19.1 Å². The average Bonchev–Trinajstić information content (AvgIpc) is 2.36. The molecule has 2 N–H and O–H groups in total. The molecule has 0 aliphatic carbocycles. The molecule has 3 nitrogen and oxygen atoms in total. The minimum atomic E-state index is 0.514. The molecular weight excluding hydrogens is 242 g/mol. The lowest BCUT2D eigenvalue weighted by molar-refractivity contribution is 0.867. The second-order valence-corrected chi connectivity index (χ2v) is 4.95. The van der Waals surface area contributed by atoms with E-state index in [2.05, 4.69) is 48.7 Å². The number of benzene rings is 1. The van der Waals surface area contributed by atoms with Crippen molar-refractivity contribution >= 4 is 28.7 Å². The van der Waals surface area contributed by atoms with Crippen molar-refractivity contribution < 1.29 is 0 Å². The lowest BCUT2D eigenvalue weighted by Gasteiger charge is -2.10. The van der Waals surface area contributed by atoms with Crippen LogP contribution >= 0.6 is 12.2 Å². The quantitative estimate of drug-likeness (QED) is 0.491. The van der Waals surface area contributed by atoms with Gasteiger partial charge in [0.15, 0.2) is 5.11 Å². The lowest BCUT2D eigenvalue weighted by Crippen LogP contribution is -2.24. The number of nitrogens with zero attached hydrogens (tertiary/aromatic N) is 1. The maximum atomic E-state index is 5.16. The highest BCUT2D eigenvalue weighted by Gasteiger charge is 2.00. The molecule has 4 heteroatoms. The van der Waals surface area contributed by atoms with Gasteiger partial charge in [0, 0.05) is 11.4 Å². The zero-order chi connectivity index (χ0) is 13.5. The predicted molar refractivity (Wildman–Crippen MR) is 83.3 cm³/mol. The van der Waals surface area contributed by atoms with Crippen LogP contribution in [0.1, 0.15) is 45.6 Å². The summed E-state index contributed by atoms with van der Waals surface area (Å²) in [5.74, 6) is 0.543. The van der Waals surface area contributed by atoms with Gasteiger partial charge < -0.3 is 5.32 Å². The van der Waals surface area contributed by atoms with Crippen LogP contribution in [-0.2, 0) is 0 Å². The fourth-order valence-electron chi connectivity index (χ4n) is 1.34. The van der Waals surface area contributed by atoms with E-state index in [4.69, 9.17) is 12.2 Å². The molecule has 0 saturated heterocycles. The standard InChI is InChI=1S/C14H21N3S/c1-5-11(4)16-17-14(18)15-13-8-6-12(7-9-13)10(2)3/h6-10H,5H2,1-4H3,(H2,15,17,18)/b16-11-. The highest BCUT2D eigenvalue weighted by Crippen LogP contribution is 2.16. The highest BCUT2D eigenvalue weighted by molar-refractivity contribution is 7.80. The number of hydrogen-bond donors (Lipinski definition) is 2. The molecular formula is C14H21N3S. The van der Waals surface area contributed by atoms with Crippen LogP contribution in [0.2, 0.25) is 0 Å². The molecule has 0 aliphatic heterocycles. The number of anilines is 1. The summed E-state index contributed by atoms with van der Waals surface area (Å²) in [6, 6.07) is 8.27. The van der Waals surface area contributed by atoms with Crippen LogP contribution in [0.15, 0.2) is 29.4 Å². The van der Waals surface area contributed by atoms with E-state index in [1.54, 1.807) is 0 Å².